The Morgan fingerprint density at radius 3 is 2.55 bits per heavy atom. The highest BCUT2D eigenvalue weighted by molar-refractivity contribution is 5.88. The average molecular weight is 283 g/mol. The Morgan fingerprint density at radius 2 is 2.05 bits per heavy atom. The SMILES string of the molecule is CNC(=O)CN(C)C(=O)NCc1cc(C(=O)O)c(C)o1. The number of carbonyl (C=O) groups is 3. The number of hydrogen-bond acceptors (Lipinski definition) is 4. The van der Waals surface area contributed by atoms with Gasteiger partial charge >= 0.3 is 12.0 Å². The van der Waals surface area contributed by atoms with Crippen LogP contribution in [-0.4, -0.2) is 48.6 Å². The lowest BCUT2D eigenvalue weighted by Gasteiger charge is -2.16. The molecule has 0 fully saturated rings. The van der Waals surface area contributed by atoms with Gasteiger partial charge in [-0.1, -0.05) is 0 Å². The van der Waals surface area contributed by atoms with Gasteiger partial charge in [-0.25, -0.2) is 9.59 Å². The van der Waals surface area contributed by atoms with E-state index in [2.05, 4.69) is 10.6 Å². The first-order chi connectivity index (χ1) is 9.35. The third-order valence-corrected chi connectivity index (χ3v) is 2.62. The number of urea groups is 1. The van der Waals surface area contributed by atoms with E-state index in [1.165, 1.54) is 32.0 Å². The third kappa shape index (κ3) is 4.01. The zero-order valence-corrected chi connectivity index (χ0v) is 11.5. The minimum absolute atomic E-state index is 0.0467. The highest BCUT2D eigenvalue weighted by Crippen LogP contribution is 2.14. The van der Waals surface area contributed by atoms with Crippen molar-refractivity contribution >= 4 is 17.9 Å². The van der Waals surface area contributed by atoms with E-state index in [1.807, 2.05) is 0 Å². The van der Waals surface area contributed by atoms with Crippen molar-refractivity contribution in [1.29, 1.82) is 0 Å². The minimum atomic E-state index is -1.08. The average Bonchev–Trinajstić information content (AvgIpc) is 2.77. The van der Waals surface area contributed by atoms with E-state index >= 15 is 0 Å². The normalized spacial score (nSPS) is 9.95. The lowest BCUT2D eigenvalue weighted by Crippen LogP contribution is -2.42. The summed E-state index contributed by atoms with van der Waals surface area (Å²) in [4.78, 5) is 34.8. The van der Waals surface area contributed by atoms with Crippen molar-refractivity contribution in [1.82, 2.24) is 15.5 Å². The lowest BCUT2D eigenvalue weighted by atomic mass is 10.2. The number of carboxylic acids is 1. The Bertz CT molecular complexity index is 523. The molecule has 0 saturated carbocycles. The number of aryl methyl sites for hydroxylation is 1. The number of aromatic carboxylic acids is 1. The summed E-state index contributed by atoms with van der Waals surface area (Å²) in [5.74, 6) is -0.757. The number of furan rings is 1. The second-order valence-corrected chi connectivity index (χ2v) is 4.18. The smallest absolute Gasteiger partial charge is 0.339 e. The number of nitrogens with zero attached hydrogens (tertiary/aromatic N) is 1. The summed E-state index contributed by atoms with van der Waals surface area (Å²) in [6, 6.07) is 0.899. The molecule has 110 valence electrons. The van der Waals surface area contributed by atoms with Crippen LogP contribution in [0.4, 0.5) is 4.79 Å². The quantitative estimate of drug-likeness (QED) is 0.713. The van der Waals surface area contributed by atoms with Crippen molar-refractivity contribution in [2.75, 3.05) is 20.6 Å². The molecule has 0 spiro atoms. The summed E-state index contributed by atoms with van der Waals surface area (Å²) >= 11 is 0. The highest BCUT2D eigenvalue weighted by atomic mass is 16.4. The molecule has 1 heterocycles. The van der Waals surface area contributed by atoms with Crippen LogP contribution in [0.1, 0.15) is 21.9 Å². The molecule has 0 unspecified atom stereocenters. The molecule has 0 aliphatic rings. The molecule has 1 rings (SSSR count). The van der Waals surface area contributed by atoms with E-state index in [4.69, 9.17) is 9.52 Å². The predicted octanol–water partition coefficient (Wildman–Crippen LogP) is 0.174. The number of hydrogen-bond donors (Lipinski definition) is 3. The number of carbonyl (C=O) groups excluding carboxylic acids is 2. The number of carboxylic acid groups (broad SMARTS) is 1. The predicted molar refractivity (Wildman–Crippen MR) is 69.3 cm³/mol. The van der Waals surface area contributed by atoms with Gasteiger partial charge in [0, 0.05) is 14.1 Å². The van der Waals surface area contributed by atoms with Gasteiger partial charge in [0.1, 0.15) is 23.6 Å². The summed E-state index contributed by atoms with van der Waals surface area (Å²) in [5.41, 5.74) is 0.0629. The summed E-state index contributed by atoms with van der Waals surface area (Å²) in [7, 11) is 2.95. The number of nitrogens with one attached hydrogen (secondary N) is 2. The fraction of sp³-hybridized carbons (Fsp3) is 0.417. The van der Waals surface area contributed by atoms with Crippen LogP contribution in [0.15, 0.2) is 10.5 Å². The molecule has 8 nitrogen and oxygen atoms in total. The summed E-state index contributed by atoms with van der Waals surface area (Å²) in [6.45, 7) is 1.51. The van der Waals surface area contributed by atoms with Gasteiger partial charge in [-0.2, -0.15) is 0 Å². The van der Waals surface area contributed by atoms with Crippen LogP contribution >= 0.6 is 0 Å². The maximum Gasteiger partial charge on any atom is 0.339 e. The number of rotatable bonds is 5. The van der Waals surface area contributed by atoms with Crippen LogP contribution in [0.5, 0.6) is 0 Å². The van der Waals surface area contributed by atoms with Crippen molar-refractivity contribution < 1.29 is 23.9 Å². The van der Waals surface area contributed by atoms with E-state index in [-0.39, 0.29) is 30.3 Å². The molecule has 0 aliphatic carbocycles. The van der Waals surface area contributed by atoms with Gasteiger partial charge in [0.05, 0.1) is 6.54 Å². The van der Waals surface area contributed by atoms with Crippen molar-refractivity contribution in [3.8, 4) is 0 Å². The summed E-state index contributed by atoms with van der Waals surface area (Å²) < 4.78 is 5.21. The Morgan fingerprint density at radius 1 is 1.40 bits per heavy atom. The van der Waals surface area contributed by atoms with Crippen molar-refractivity contribution in [3.63, 3.8) is 0 Å². The van der Waals surface area contributed by atoms with Gasteiger partial charge in [0.2, 0.25) is 5.91 Å². The van der Waals surface area contributed by atoms with E-state index in [1.54, 1.807) is 0 Å². The van der Waals surface area contributed by atoms with Gasteiger partial charge in [-0.3, -0.25) is 4.79 Å². The molecule has 0 aromatic carbocycles. The molecule has 3 amide bonds. The van der Waals surface area contributed by atoms with Crippen molar-refractivity contribution in [3.05, 3.63) is 23.2 Å². The van der Waals surface area contributed by atoms with Crippen LogP contribution in [0.3, 0.4) is 0 Å². The standard InChI is InChI=1S/C12H17N3O5/c1-7-9(11(17)18)4-8(20-7)5-14-12(19)15(3)6-10(16)13-2/h4H,5-6H2,1-3H3,(H,13,16)(H,14,19)(H,17,18). The van der Waals surface area contributed by atoms with Gasteiger partial charge in [-0.05, 0) is 13.0 Å². The molecule has 0 saturated heterocycles. The van der Waals surface area contributed by atoms with Gasteiger partial charge in [0.15, 0.2) is 0 Å². The minimum Gasteiger partial charge on any atom is -0.478 e. The van der Waals surface area contributed by atoms with E-state index in [0.29, 0.717) is 5.76 Å². The Labute approximate surface area is 115 Å². The molecular formula is C12H17N3O5. The second kappa shape index (κ2) is 6.60. The molecule has 20 heavy (non-hydrogen) atoms. The molecule has 0 atom stereocenters. The van der Waals surface area contributed by atoms with Crippen LogP contribution in [0, 0.1) is 6.92 Å². The van der Waals surface area contributed by atoms with Crippen LogP contribution in [-0.2, 0) is 11.3 Å². The zero-order chi connectivity index (χ0) is 15.3. The van der Waals surface area contributed by atoms with E-state index < -0.39 is 12.0 Å². The monoisotopic (exact) mass is 283 g/mol. The largest absolute Gasteiger partial charge is 0.478 e. The molecular weight excluding hydrogens is 266 g/mol. The second-order valence-electron chi connectivity index (χ2n) is 4.18. The Hall–Kier alpha value is -2.51. The number of likely N-dealkylation sites (N-methyl/N-ethyl adjacent to an activating group) is 2. The third-order valence-electron chi connectivity index (χ3n) is 2.62. The maximum atomic E-state index is 11.7. The molecule has 8 heteroatoms. The molecule has 1 aromatic heterocycles. The van der Waals surface area contributed by atoms with Crippen LogP contribution in [0.2, 0.25) is 0 Å². The van der Waals surface area contributed by atoms with E-state index in [0.717, 1.165) is 0 Å². The molecule has 0 radical (unpaired) electrons. The topological polar surface area (TPSA) is 112 Å². The molecule has 0 bridgehead atoms. The summed E-state index contributed by atoms with van der Waals surface area (Å²) in [5, 5.41) is 13.8. The lowest BCUT2D eigenvalue weighted by molar-refractivity contribution is -0.120. The molecule has 3 N–H and O–H groups in total. The van der Waals surface area contributed by atoms with Crippen LogP contribution in [0.25, 0.3) is 0 Å². The zero-order valence-electron chi connectivity index (χ0n) is 11.5. The van der Waals surface area contributed by atoms with Gasteiger partial charge in [0.25, 0.3) is 0 Å². The van der Waals surface area contributed by atoms with Crippen molar-refractivity contribution in [2.24, 2.45) is 0 Å². The fourth-order valence-electron chi connectivity index (χ4n) is 1.51. The summed E-state index contributed by atoms with van der Waals surface area (Å²) in [6.07, 6.45) is 0. The van der Waals surface area contributed by atoms with Gasteiger partial charge < -0.3 is 25.1 Å². The first kappa shape index (κ1) is 15.5. The first-order valence-electron chi connectivity index (χ1n) is 5.87. The number of amides is 3. The Balaban J connectivity index is 2.54. The van der Waals surface area contributed by atoms with Crippen molar-refractivity contribution in [2.45, 2.75) is 13.5 Å². The molecule has 0 aliphatic heterocycles. The first-order valence-corrected chi connectivity index (χ1v) is 5.87. The maximum absolute atomic E-state index is 11.7. The Kier molecular flexibility index (Phi) is 5.13. The molecule has 1 aromatic rings. The highest BCUT2D eigenvalue weighted by Gasteiger charge is 2.15. The van der Waals surface area contributed by atoms with Crippen LogP contribution < -0.4 is 10.6 Å². The van der Waals surface area contributed by atoms with E-state index in [9.17, 15) is 14.4 Å². The van der Waals surface area contributed by atoms with Gasteiger partial charge in [-0.15, -0.1) is 0 Å². The fourth-order valence-corrected chi connectivity index (χ4v) is 1.51.